The molecule has 170 valence electrons. The lowest BCUT2D eigenvalue weighted by atomic mass is 10.2. The maximum Gasteiger partial charge on any atom is 0.270 e. The predicted octanol–water partition coefficient (Wildman–Crippen LogP) is 4.39. The van der Waals surface area contributed by atoms with Crippen LogP contribution in [0.25, 0.3) is 11.4 Å². The first-order chi connectivity index (χ1) is 15.7. The highest BCUT2D eigenvalue weighted by atomic mass is 79.9. The van der Waals surface area contributed by atoms with Crippen molar-refractivity contribution in [1.82, 2.24) is 25.1 Å². The zero-order valence-corrected chi connectivity index (χ0v) is 20.9. The second kappa shape index (κ2) is 9.83. The Bertz CT molecular complexity index is 1440. The lowest BCUT2D eigenvalue weighted by Gasteiger charge is -2.03. The fraction of sp³-hybridized carbons (Fsp3) is 0.0556. The number of halogens is 3. The molecule has 0 aliphatic heterocycles. The third kappa shape index (κ3) is 5.75. The number of nitrogens with zero attached hydrogens (tertiary/aromatic N) is 4. The van der Waals surface area contributed by atoms with Gasteiger partial charge in [0.05, 0.1) is 17.1 Å². The number of hydrogen-bond donors (Lipinski definition) is 2. The Morgan fingerprint density at radius 2 is 1.97 bits per heavy atom. The second-order valence-electron chi connectivity index (χ2n) is 6.30. The molecular formula is C18H11BrCl2N6O4S2. The van der Waals surface area contributed by atoms with Gasteiger partial charge in [-0.1, -0.05) is 67.8 Å². The van der Waals surface area contributed by atoms with Crippen LogP contribution in [0, 0.1) is 0 Å². The number of nitrogens with one attached hydrogen (secondary N) is 2. The van der Waals surface area contributed by atoms with E-state index in [2.05, 4.69) is 46.3 Å². The SMILES string of the molecule is O=C(Nc1nnc(S(=O)(=O)NCc2nc(-c3cccc(Br)c3)no2)s1)c1ccc(Cl)cc1Cl. The fourth-order valence-electron chi connectivity index (χ4n) is 2.50. The molecule has 10 nitrogen and oxygen atoms in total. The van der Waals surface area contributed by atoms with Crippen molar-refractivity contribution in [3.05, 3.63) is 68.4 Å². The summed E-state index contributed by atoms with van der Waals surface area (Å²) in [5, 5.41) is 14.1. The van der Waals surface area contributed by atoms with Gasteiger partial charge >= 0.3 is 0 Å². The summed E-state index contributed by atoms with van der Waals surface area (Å²) in [7, 11) is -4.05. The molecule has 0 fully saturated rings. The van der Waals surface area contributed by atoms with Crippen molar-refractivity contribution < 1.29 is 17.7 Å². The molecular weight excluding hydrogens is 579 g/mol. The average molecular weight is 590 g/mol. The van der Waals surface area contributed by atoms with Crippen LogP contribution in [-0.4, -0.2) is 34.7 Å². The fourth-order valence-corrected chi connectivity index (χ4v) is 5.30. The largest absolute Gasteiger partial charge is 0.338 e. The summed E-state index contributed by atoms with van der Waals surface area (Å²) in [6.45, 7) is -0.259. The Kier molecular flexibility index (Phi) is 7.07. The van der Waals surface area contributed by atoms with E-state index in [4.69, 9.17) is 27.7 Å². The summed E-state index contributed by atoms with van der Waals surface area (Å²) in [5.41, 5.74) is 0.851. The Balaban J connectivity index is 1.41. The Morgan fingerprint density at radius 1 is 1.15 bits per heavy atom. The molecule has 0 aliphatic rings. The molecule has 4 aromatic rings. The molecule has 0 spiro atoms. The molecule has 0 bridgehead atoms. The molecule has 0 unspecified atom stereocenters. The summed E-state index contributed by atoms with van der Waals surface area (Å²) in [6.07, 6.45) is 0. The van der Waals surface area contributed by atoms with E-state index in [0.717, 1.165) is 4.47 Å². The maximum atomic E-state index is 12.5. The number of sulfonamides is 1. The molecule has 1 amide bonds. The minimum atomic E-state index is -4.05. The minimum absolute atomic E-state index is 0.0267. The van der Waals surface area contributed by atoms with Gasteiger partial charge in [0, 0.05) is 15.1 Å². The van der Waals surface area contributed by atoms with E-state index in [1.807, 2.05) is 12.1 Å². The van der Waals surface area contributed by atoms with Crippen LogP contribution in [0.4, 0.5) is 5.13 Å². The van der Waals surface area contributed by atoms with Crippen LogP contribution >= 0.6 is 50.5 Å². The van der Waals surface area contributed by atoms with Crippen molar-refractivity contribution in [2.75, 3.05) is 5.32 Å². The van der Waals surface area contributed by atoms with Crippen molar-refractivity contribution in [2.24, 2.45) is 0 Å². The summed E-state index contributed by atoms with van der Waals surface area (Å²) in [6, 6.07) is 11.6. The lowest BCUT2D eigenvalue weighted by Crippen LogP contribution is -2.23. The second-order valence-corrected chi connectivity index (χ2v) is 11.0. The third-order valence-corrected chi connectivity index (χ3v) is 7.65. The Labute approximate surface area is 209 Å². The minimum Gasteiger partial charge on any atom is -0.338 e. The first-order valence-corrected chi connectivity index (χ1v) is 12.7. The van der Waals surface area contributed by atoms with Crippen LogP contribution in [0.3, 0.4) is 0 Å². The van der Waals surface area contributed by atoms with Crippen LogP contribution in [0.2, 0.25) is 10.0 Å². The third-order valence-electron chi connectivity index (χ3n) is 4.00. The zero-order valence-electron chi connectivity index (χ0n) is 16.1. The van der Waals surface area contributed by atoms with E-state index in [1.54, 1.807) is 12.1 Å². The number of carbonyl (C=O) groups is 1. The number of aromatic nitrogens is 4. The van der Waals surface area contributed by atoms with Crippen LogP contribution < -0.4 is 10.0 Å². The van der Waals surface area contributed by atoms with E-state index in [-0.39, 0.29) is 32.5 Å². The molecule has 0 radical (unpaired) electrons. The van der Waals surface area contributed by atoms with Crippen LogP contribution in [0.5, 0.6) is 0 Å². The normalized spacial score (nSPS) is 11.5. The number of carbonyl (C=O) groups excluding carboxylic acids is 1. The molecule has 0 atom stereocenters. The van der Waals surface area contributed by atoms with Gasteiger partial charge in [-0.2, -0.15) is 9.71 Å². The smallest absolute Gasteiger partial charge is 0.270 e. The van der Waals surface area contributed by atoms with Gasteiger partial charge in [-0.25, -0.2) is 8.42 Å². The quantitative estimate of drug-likeness (QED) is 0.302. The van der Waals surface area contributed by atoms with Gasteiger partial charge in [0.1, 0.15) is 0 Å². The number of anilines is 1. The van der Waals surface area contributed by atoms with E-state index in [0.29, 0.717) is 27.7 Å². The predicted molar refractivity (Wildman–Crippen MR) is 126 cm³/mol. The van der Waals surface area contributed by atoms with Gasteiger partial charge in [0.2, 0.25) is 21.2 Å². The highest BCUT2D eigenvalue weighted by Gasteiger charge is 2.23. The summed E-state index contributed by atoms with van der Waals surface area (Å²) >= 11 is 15.9. The van der Waals surface area contributed by atoms with Crippen molar-refractivity contribution in [3.8, 4) is 11.4 Å². The molecule has 4 rings (SSSR count). The highest BCUT2D eigenvalue weighted by molar-refractivity contribution is 9.10. The molecule has 0 saturated heterocycles. The summed E-state index contributed by atoms with van der Waals surface area (Å²) in [5.74, 6) is -0.216. The van der Waals surface area contributed by atoms with Gasteiger partial charge in [-0.15, -0.1) is 10.2 Å². The first kappa shape index (κ1) is 23.7. The van der Waals surface area contributed by atoms with E-state index in [1.165, 1.54) is 18.2 Å². The molecule has 0 saturated carbocycles. The molecule has 0 aliphatic carbocycles. The van der Waals surface area contributed by atoms with Crippen molar-refractivity contribution >= 4 is 71.5 Å². The zero-order chi connectivity index (χ0) is 23.6. The molecule has 2 aromatic heterocycles. The number of hydrogen-bond acceptors (Lipinski definition) is 9. The van der Waals surface area contributed by atoms with Gasteiger partial charge < -0.3 is 4.52 Å². The molecule has 33 heavy (non-hydrogen) atoms. The van der Waals surface area contributed by atoms with Gasteiger partial charge in [-0.05, 0) is 30.3 Å². The van der Waals surface area contributed by atoms with Crippen molar-refractivity contribution in [2.45, 2.75) is 10.9 Å². The summed E-state index contributed by atoms with van der Waals surface area (Å²) < 4.78 is 33.0. The Morgan fingerprint density at radius 3 is 2.73 bits per heavy atom. The molecule has 2 heterocycles. The summed E-state index contributed by atoms with van der Waals surface area (Å²) in [4.78, 5) is 16.5. The average Bonchev–Trinajstić information content (AvgIpc) is 3.42. The van der Waals surface area contributed by atoms with Crippen LogP contribution in [-0.2, 0) is 16.6 Å². The number of rotatable bonds is 7. The van der Waals surface area contributed by atoms with Gasteiger partial charge in [0.15, 0.2) is 0 Å². The van der Waals surface area contributed by atoms with E-state index in [9.17, 15) is 13.2 Å². The van der Waals surface area contributed by atoms with Crippen molar-refractivity contribution in [3.63, 3.8) is 0 Å². The topological polar surface area (TPSA) is 140 Å². The standard InChI is InChI=1S/C18H11BrCl2N6O4S2/c19-10-3-1-2-9(6-10)15-23-14(31-27-15)8-22-33(29,30)18-26-25-17(32-18)24-16(28)12-5-4-11(20)7-13(12)21/h1-7,22H,8H2,(H,24,25,28). The van der Waals surface area contributed by atoms with Crippen molar-refractivity contribution in [1.29, 1.82) is 0 Å². The van der Waals surface area contributed by atoms with Gasteiger partial charge in [0.25, 0.3) is 15.9 Å². The van der Waals surface area contributed by atoms with Gasteiger partial charge in [-0.3, -0.25) is 10.1 Å². The maximum absolute atomic E-state index is 12.5. The van der Waals surface area contributed by atoms with Crippen LogP contribution in [0.15, 0.2) is 55.8 Å². The van der Waals surface area contributed by atoms with E-state index < -0.39 is 15.9 Å². The van der Waals surface area contributed by atoms with E-state index >= 15 is 0 Å². The monoisotopic (exact) mass is 588 g/mol. The molecule has 15 heteroatoms. The molecule has 2 aromatic carbocycles. The lowest BCUT2D eigenvalue weighted by molar-refractivity contribution is 0.102. The van der Waals surface area contributed by atoms with Crippen LogP contribution in [0.1, 0.15) is 16.2 Å². The number of amides is 1. The first-order valence-electron chi connectivity index (χ1n) is 8.89. The molecule has 2 N–H and O–H groups in total. The Hall–Kier alpha value is -2.42. The number of benzene rings is 2. The highest BCUT2D eigenvalue weighted by Crippen LogP contribution is 2.25.